The number of phenols is 1. The van der Waals surface area contributed by atoms with Crippen molar-refractivity contribution in [2.24, 2.45) is 0 Å². The summed E-state index contributed by atoms with van der Waals surface area (Å²) in [5.74, 6) is -0.162. The zero-order valence-corrected chi connectivity index (χ0v) is 19.4. The van der Waals surface area contributed by atoms with E-state index >= 15 is 0 Å². The van der Waals surface area contributed by atoms with Gasteiger partial charge in [0.15, 0.2) is 5.75 Å². The third kappa shape index (κ3) is 5.04. The zero-order chi connectivity index (χ0) is 22.9. The Morgan fingerprint density at radius 2 is 2.10 bits per heavy atom. The Balaban J connectivity index is 1.83. The van der Waals surface area contributed by atoms with E-state index in [4.69, 9.17) is 29.0 Å². The maximum atomic E-state index is 12.3. The van der Waals surface area contributed by atoms with E-state index in [-0.39, 0.29) is 35.0 Å². The van der Waals surface area contributed by atoms with Gasteiger partial charge in [0, 0.05) is 12.5 Å². The Morgan fingerprint density at radius 1 is 1.42 bits per heavy atom. The third-order valence-electron chi connectivity index (χ3n) is 5.29. The van der Waals surface area contributed by atoms with Crippen LogP contribution in [0.3, 0.4) is 0 Å². The number of halogens is 1. The van der Waals surface area contributed by atoms with Crippen molar-refractivity contribution >= 4 is 48.5 Å². The van der Waals surface area contributed by atoms with Crippen molar-refractivity contribution < 1.29 is 14.7 Å². The van der Waals surface area contributed by atoms with Crippen LogP contribution in [0.4, 0.5) is 17.1 Å². The molecule has 1 fully saturated rings. The minimum absolute atomic E-state index is 0.0885. The molecule has 0 aromatic heterocycles. The number of nitrogens with one attached hydrogen (secondary N) is 2. The Kier molecular flexibility index (Phi) is 7.27. The largest absolute Gasteiger partial charge is 0.505 e. The van der Waals surface area contributed by atoms with Crippen LogP contribution in [0, 0.1) is 0 Å². The second-order valence-corrected chi connectivity index (χ2v) is 9.20. The van der Waals surface area contributed by atoms with Crippen molar-refractivity contribution in [3.63, 3.8) is 0 Å². The number of anilines is 3. The first-order valence-electron chi connectivity index (χ1n) is 9.88. The lowest BCUT2D eigenvalue weighted by Crippen LogP contribution is -2.43. The summed E-state index contributed by atoms with van der Waals surface area (Å²) < 4.78 is 7.29. The molecule has 0 saturated carbocycles. The monoisotopic (exact) mass is 465 g/mol. The van der Waals surface area contributed by atoms with E-state index in [0.717, 1.165) is 18.4 Å². The molecule has 0 unspecified atom stereocenters. The summed E-state index contributed by atoms with van der Waals surface area (Å²) in [6.45, 7) is 3.79. The van der Waals surface area contributed by atoms with E-state index in [1.807, 2.05) is 13.8 Å². The van der Waals surface area contributed by atoms with Gasteiger partial charge < -0.3 is 20.5 Å². The highest BCUT2D eigenvalue weighted by Crippen LogP contribution is 2.42. The van der Waals surface area contributed by atoms with Gasteiger partial charge in [0.2, 0.25) is 0 Å². The lowest BCUT2D eigenvalue weighted by molar-refractivity contribution is -0.0146. The van der Waals surface area contributed by atoms with Gasteiger partial charge in [0.05, 0.1) is 34.9 Å². The van der Waals surface area contributed by atoms with Gasteiger partial charge in [-0.05, 0) is 50.3 Å². The van der Waals surface area contributed by atoms with Gasteiger partial charge in [0.25, 0.3) is 10.9 Å². The van der Waals surface area contributed by atoms with Crippen LogP contribution in [-0.2, 0) is 9.57 Å². The molecule has 3 N–H and O–H groups in total. The maximum absolute atomic E-state index is 12.3. The standard InChI is InChI=1S/C20H25BClN3O5S/c1-5-11(13-8-9-20(2,21)30-13)23-14-15(18(28)17(14)27)24-12-7-6-10(22)19(16(12)26)31-25(3)29-4/h6-7,11,13,23-24,26H,5,8-9H2,1-4H3/t11-,13-,20-/m1/s1. The van der Waals surface area contributed by atoms with Crippen LogP contribution in [0.2, 0.25) is 5.02 Å². The molecule has 0 spiro atoms. The van der Waals surface area contributed by atoms with Crippen LogP contribution in [0.15, 0.2) is 26.6 Å². The van der Waals surface area contributed by atoms with Crippen molar-refractivity contribution in [2.75, 3.05) is 24.8 Å². The molecule has 1 heterocycles. The van der Waals surface area contributed by atoms with Crippen LogP contribution < -0.4 is 21.5 Å². The van der Waals surface area contributed by atoms with Gasteiger partial charge in [-0.3, -0.25) is 14.4 Å². The first kappa shape index (κ1) is 23.9. The highest BCUT2D eigenvalue weighted by molar-refractivity contribution is 7.97. The van der Waals surface area contributed by atoms with E-state index in [1.54, 1.807) is 13.1 Å². The molecule has 1 saturated heterocycles. The lowest BCUT2D eigenvalue weighted by Gasteiger charge is -2.28. The van der Waals surface area contributed by atoms with E-state index in [1.165, 1.54) is 17.6 Å². The van der Waals surface area contributed by atoms with Crippen molar-refractivity contribution in [1.82, 2.24) is 4.47 Å². The molecule has 8 nitrogen and oxygen atoms in total. The predicted octanol–water partition coefficient (Wildman–Crippen LogP) is 3.14. The number of aromatic hydroxyl groups is 1. The summed E-state index contributed by atoms with van der Waals surface area (Å²) in [7, 11) is 9.19. The quantitative estimate of drug-likeness (QED) is 0.169. The first-order chi connectivity index (χ1) is 14.6. The van der Waals surface area contributed by atoms with Gasteiger partial charge in [-0.1, -0.05) is 18.5 Å². The zero-order valence-electron chi connectivity index (χ0n) is 17.8. The maximum Gasteiger partial charge on any atom is 0.253 e. The summed E-state index contributed by atoms with van der Waals surface area (Å²) in [6.07, 6.45) is 1.97. The Morgan fingerprint density at radius 3 is 2.68 bits per heavy atom. The number of hydroxylamine groups is 1. The van der Waals surface area contributed by atoms with E-state index < -0.39 is 16.4 Å². The summed E-state index contributed by atoms with van der Waals surface area (Å²) in [5.41, 5.74) is -1.48. The average molecular weight is 466 g/mol. The molecule has 0 aliphatic carbocycles. The minimum atomic E-state index is -0.701. The molecular weight excluding hydrogens is 441 g/mol. The molecular formula is C20H25BClN3O5S. The summed E-state index contributed by atoms with van der Waals surface area (Å²) in [5, 5.41) is 17.0. The fraction of sp³-hybridized carbons (Fsp3) is 0.500. The van der Waals surface area contributed by atoms with Crippen molar-refractivity contribution in [3.05, 3.63) is 37.6 Å². The van der Waals surface area contributed by atoms with Crippen molar-refractivity contribution in [3.8, 4) is 5.75 Å². The second kappa shape index (κ2) is 9.42. The average Bonchev–Trinajstić information content (AvgIpc) is 3.10. The predicted molar refractivity (Wildman–Crippen MR) is 124 cm³/mol. The van der Waals surface area contributed by atoms with Crippen LogP contribution in [0.1, 0.15) is 33.1 Å². The number of hydrogen-bond acceptors (Lipinski definition) is 9. The number of rotatable bonds is 9. The fourth-order valence-electron chi connectivity index (χ4n) is 3.50. The van der Waals surface area contributed by atoms with Gasteiger partial charge in [-0.2, -0.15) is 0 Å². The van der Waals surface area contributed by atoms with Crippen LogP contribution in [0.25, 0.3) is 0 Å². The second-order valence-electron chi connectivity index (χ2n) is 7.69. The van der Waals surface area contributed by atoms with E-state index in [0.29, 0.717) is 22.8 Å². The number of hydrogen-bond donors (Lipinski definition) is 3. The molecule has 2 radical (unpaired) electrons. The first-order valence-corrected chi connectivity index (χ1v) is 11.0. The highest BCUT2D eigenvalue weighted by Gasteiger charge is 2.36. The molecule has 2 aromatic carbocycles. The van der Waals surface area contributed by atoms with Gasteiger partial charge in [-0.25, -0.2) is 0 Å². The molecule has 0 amide bonds. The number of nitrogens with zero attached hydrogens (tertiary/aromatic N) is 1. The molecule has 1 aliphatic rings. The molecule has 166 valence electrons. The summed E-state index contributed by atoms with van der Waals surface area (Å²) in [4.78, 5) is 29.9. The fourth-order valence-corrected chi connectivity index (χ4v) is 4.44. The smallest absolute Gasteiger partial charge is 0.253 e. The van der Waals surface area contributed by atoms with Crippen LogP contribution in [-0.4, -0.2) is 49.2 Å². The molecule has 0 bridgehead atoms. The Bertz CT molecular complexity index is 1030. The Hall–Kier alpha value is -1.72. The molecule has 3 atom stereocenters. The summed E-state index contributed by atoms with van der Waals surface area (Å²) >= 11 is 7.26. The van der Waals surface area contributed by atoms with E-state index in [2.05, 4.69) is 10.6 Å². The Labute approximate surface area is 191 Å². The SMILES string of the molecule is [B][C@@]1(C)CC[C@H]([C@@H](CC)Nc2c(Nc3ccc(Cl)c(SN(C)OC)c3O)c(=O)c2=O)O1. The summed E-state index contributed by atoms with van der Waals surface area (Å²) in [6, 6.07) is 2.93. The number of ether oxygens (including phenoxy) is 1. The van der Waals surface area contributed by atoms with Gasteiger partial charge in [0.1, 0.15) is 19.2 Å². The topological polar surface area (TPSA) is 100 Å². The normalized spacial score (nSPS) is 22.2. The number of phenolic OH excluding ortho intramolecular Hbond substituents is 1. The third-order valence-corrected chi connectivity index (χ3v) is 6.72. The van der Waals surface area contributed by atoms with Gasteiger partial charge >= 0.3 is 0 Å². The minimum Gasteiger partial charge on any atom is -0.505 e. The number of benzene rings is 1. The highest BCUT2D eigenvalue weighted by atomic mass is 35.5. The van der Waals surface area contributed by atoms with Crippen molar-refractivity contribution in [1.29, 1.82) is 0 Å². The van der Waals surface area contributed by atoms with Crippen molar-refractivity contribution in [2.45, 2.75) is 55.7 Å². The van der Waals surface area contributed by atoms with Crippen LogP contribution >= 0.6 is 23.5 Å². The molecule has 11 heteroatoms. The molecule has 31 heavy (non-hydrogen) atoms. The molecule has 2 aromatic rings. The van der Waals surface area contributed by atoms with Gasteiger partial charge in [-0.15, -0.1) is 4.47 Å². The van der Waals surface area contributed by atoms with E-state index in [9.17, 15) is 14.7 Å². The van der Waals surface area contributed by atoms with Crippen LogP contribution in [0.5, 0.6) is 5.75 Å². The lowest BCUT2D eigenvalue weighted by atomic mass is 9.81. The molecule has 1 aliphatic heterocycles. The molecule has 3 rings (SSSR count).